The number of carbonyl (C=O) groups is 2. The van der Waals surface area contributed by atoms with Crippen LogP contribution in [0.15, 0.2) is 59.5 Å². The van der Waals surface area contributed by atoms with Crippen LogP contribution < -0.4 is 10.3 Å². The lowest BCUT2D eigenvalue weighted by atomic mass is 10.0. The van der Waals surface area contributed by atoms with Crippen LogP contribution in [0.2, 0.25) is 0 Å². The molecule has 3 aromatic carbocycles. The van der Waals surface area contributed by atoms with E-state index in [1.54, 1.807) is 18.2 Å². The van der Waals surface area contributed by atoms with E-state index in [-0.39, 0.29) is 29.9 Å². The van der Waals surface area contributed by atoms with Gasteiger partial charge < -0.3 is 19.3 Å². The van der Waals surface area contributed by atoms with Crippen molar-refractivity contribution in [2.45, 2.75) is 13.1 Å². The van der Waals surface area contributed by atoms with Crippen molar-refractivity contribution in [3.8, 4) is 5.69 Å². The van der Waals surface area contributed by atoms with Gasteiger partial charge in [-0.15, -0.1) is 0 Å². The van der Waals surface area contributed by atoms with Crippen molar-refractivity contribution in [2.24, 2.45) is 0 Å². The molecule has 1 aromatic heterocycles. The third-order valence-electron chi connectivity index (χ3n) is 6.20. The summed E-state index contributed by atoms with van der Waals surface area (Å²) in [6, 6.07) is 10.5. The van der Waals surface area contributed by atoms with Gasteiger partial charge >= 0.3 is 11.9 Å². The third-order valence-corrected chi connectivity index (χ3v) is 6.20. The van der Waals surface area contributed by atoms with Crippen molar-refractivity contribution >= 4 is 28.5 Å². The maximum atomic E-state index is 16.1. The second kappa shape index (κ2) is 8.56. The quantitative estimate of drug-likeness (QED) is 0.423. The Labute approximate surface area is 201 Å². The van der Waals surface area contributed by atoms with Crippen LogP contribution >= 0.6 is 0 Å². The Bertz CT molecular complexity index is 1630. The lowest BCUT2D eigenvalue weighted by molar-refractivity contribution is 0.0598. The summed E-state index contributed by atoms with van der Waals surface area (Å²) in [6.45, 7) is 0.0709. The van der Waals surface area contributed by atoms with E-state index in [0.29, 0.717) is 11.1 Å². The third kappa shape index (κ3) is 3.58. The van der Waals surface area contributed by atoms with Crippen molar-refractivity contribution in [2.75, 3.05) is 12.0 Å². The maximum Gasteiger partial charge on any atom is 0.341 e. The van der Waals surface area contributed by atoms with Crippen LogP contribution in [0.4, 0.5) is 18.9 Å². The number of carbonyl (C=O) groups excluding carboxylic acids is 1. The highest BCUT2D eigenvalue weighted by Crippen LogP contribution is 2.37. The lowest BCUT2D eigenvalue weighted by Crippen LogP contribution is -2.22. The van der Waals surface area contributed by atoms with Gasteiger partial charge in [0.2, 0.25) is 5.43 Å². The van der Waals surface area contributed by atoms with Crippen LogP contribution in [0.5, 0.6) is 0 Å². The zero-order valence-electron chi connectivity index (χ0n) is 18.7. The van der Waals surface area contributed by atoms with Gasteiger partial charge in [-0.2, -0.15) is 0 Å². The molecule has 0 spiro atoms. The second-order valence-corrected chi connectivity index (χ2v) is 8.23. The van der Waals surface area contributed by atoms with Crippen molar-refractivity contribution < 1.29 is 32.6 Å². The van der Waals surface area contributed by atoms with Crippen LogP contribution in [-0.4, -0.2) is 28.7 Å². The van der Waals surface area contributed by atoms with Crippen molar-refractivity contribution in [3.05, 3.63) is 105 Å². The Morgan fingerprint density at radius 2 is 1.72 bits per heavy atom. The number of aromatic carboxylic acids is 1. The molecule has 0 bridgehead atoms. The molecule has 0 saturated heterocycles. The predicted molar refractivity (Wildman–Crippen MR) is 124 cm³/mol. The number of rotatable bonds is 4. The number of pyridine rings is 1. The number of hydrogen-bond donors (Lipinski definition) is 1. The predicted octanol–water partition coefficient (Wildman–Crippen LogP) is 4.41. The van der Waals surface area contributed by atoms with Gasteiger partial charge in [0.05, 0.1) is 23.6 Å². The van der Waals surface area contributed by atoms with Crippen LogP contribution in [0.1, 0.15) is 31.8 Å². The van der Waals surface area contributed by atoms with Gasteiger partial charge in [0.1, 0.15) is 22.9 Å². The Morgan fingerprint density at radius 1 is 1.00 bits per heavy atom. The van der Waals surface area contributed by atoms with Crippen molar-refractivity contribution in [3.63, 3.8) is 0 Å². The summed E-state index contributed by atoms with van der Waals surface area (Å²) in [4.78, 5) is 38.1. The highest BCUT2D eigenvalue weighted by atomic mass is 19.1. The first-order valence-corrected chi connectivity index (χ1v) is 10.7. The average molecular weight is 494 g/mol. The molecule has 0 saturated carbocycles. The smallest absolute Gasteiger partial charge is 0.341 e. The van der Waals surface area contributed by atoms with Gasteiger partial charge in [0, 0.05) is 25.0 Å². The topological polar surface area (TPSA) is 88.8 Å². The summed E-state index contributed by atoms with van der Waals surface area (Å²) in [6.07, 6.45) is 0.930. The first-order valence-electron chi connectivity index (χ1n) is 10.7. The van der Waals surface area contributed by atoms with Gasteiger partial charge in [-0.1, -0.05) is 12.1 Å². The monoisotopic (exact) mass is 494 g/mol. The standard InChI is InChI=1S/C26H17F3N2O5/c1-36-26(35)16-4-2-3-13-10-30(11-18(13)16)23-20(28)9-17-22(21(23)29)31(12-19(24(17)32)25(33)34)15-7-5-14(27)6-8-15/h2-9,12H,10-11H2,1H3,(H,33,34). The number of hydrogen-bond acceptors (Lipinski definition) is 5. The minimum absolute atomic E-state index is 0.00601. The molecule has 0 amide bonds. The fraction of sp³-hybridized carbons (Fsp3) is 0.115. The number of benzene rings is 3. The summed E-state index contributed by atoms with van der Waals surface area (Å²) in [5.74, 6) is -4.91. The zero-order chi connectivity index (χ0) is 25.7. The Balaban J connectivity index is 1.75. The number of ether oxygens (including phenoxy) is 1. The van der Waals surface area contributed by atoms with Crippen molar-refractivity contribution in [1.29, 1.82) is 0 Å². The fourth-order valence-electron chi connectivity index (χ4n) is 4.53. The van der Waals surface area contributed by atoms with Crippen LogP contribution in [-0.2, 0) is 17.8 Å². The number of esters is 1. The molecule has 2 heterocycles. The minimum atomic E-state index is -1.58. The summed E-state index contributed by atoms with van der Waals surface area (Å²) in [7, 11) is 1.23. The first-order chi connectivity index (χ1) is 17.2. The van der Waals surface area contributed by atoms with Crippen LogP contribution in [0, 0.1) is 17.5 Å². The Morgan fingerprint density at radius 3 is 2.39 bits per heavy atom. The number of nitrogens with zero attached hydrogens (tertiary/aromatic N) is 2. The molecule has 4 aromatic rings. The molecular weight excluding hydrogens is 477 g/mol. The van der Waals surface area contributed by atoms with Gasteiger partial charge in [-0.3, -0.25) is 4.79 Å². The van der Waals surface area contributed by atoms with E-state index >= 15 is 8.78 Å². The Hall–Kier alpha value is -4.60. The van der Waals surface area contributed by atoms with Gasteiger partial charge in [0.15, 0.2) is 5.82 Å². The number of aromatic nitrogens is 1. The average Bonchev–Trinajstić information content (AvgIpc) is 3.28. The summed E-state index contributed by atoms with van der Waals surface area (Å²) in [5, 5.41) is 9.01. The highest BCUT2D eigenvalue weighted by molar-refractivity contribution is 5.95. The number of anilines is 1. The summed E-state index contributed by atoms with van der Waals surface area (Å²) < 4.78 is 50.9. The number of carboxylic acids is 1. The normalized spacial score (nSPS) is 12.6. The molecule has 182 valence electrons. The molecule has 0 unspecified atom stereocenters. The molecule has 1 N–H and O–H groups in total. The maximum absolute atomic E-state index is 16.1. The number of fused-ring (bicyclic) bond motifs is 2. The largest absolute Gasteiger partial charge is 0.477 e. The van der Waals surface area contributed by atoms with Crippen LogP contribution in [0.25, 0.3) is 16.6 Å². The van der Waals surface area contributed by atoms with E-state index in [4.69, 9.17) is 4.74 Å². The number of halogens is 3. The molecule has 7 nitrogen and oxygen atoms in total. The summed E-state index contributed by atoms with van der Waals surface area (Å²) >= 11 is 0. The molecule has 10 heteroatoms. The lowest BCUT2D eigenvalue weighted by Gasteiger charge is -2.22. The summed E-state index contributed by atoms with van der Waals surface area (Å²) in [5.41, 5.74) is -0.904. The number of carboxylic acid groups (broad SMARTS) is 1. The molecule has 0 fully saturated rings. The molecular formula is C26H17F3N2O5. The molecule has 1 aliphatic rings. The van der Waals surface area contributed by atoms with Gasteiger partial charge in [0.25, 0.3) is 0 Å². The first kappa shape index (κ1) is 23.2. The highest BCUT2D eigenvalue weighted by Gasteiger charge is 2.31. The van der Waals surface area contributed by atoms with E-state index in [1.807, 2.05) is 0 Å². The van der Waals surface area contributed by atoms with Gasteiger partial charge in [-0.25, -0.2) is 22.8 Å². The van der Waals surface area contributed by atoms with E-state index in [0.717, 1.165) is 29.0 Å². The molecule has 1 aliphatic heterocycles. The number of methoxy groups -OCH3 is 1. The minimum Gasteiger partial charge on any atom is -0.477 e. The molecule has 0 radical (unpaired) electrons. The Kier molecular flexibility index (Phi) is 5.51. The second-order valence-electron chi connectivity index (χ2n) is 8.23. The van der Waals surface area contributed by atoms with E-state index in [2.05, 4.69) is 0 Å². The molecule has 0 atom stereocenters. The van der Waals surface area contributed by atoms with Crippen molar-refractivity contribution in [1.82, 2.24) is 4.57 Å². The SMILES string of the molecule is COC(=O)c1cccc2c1CN(c1c(F)cc3c(=O)c(C(=O)O)cn(-c4ccc(F)cc4)c3c1F)C2. The van der Waals surface area contributed by atoms with Gasteiger partial charge in [-0.05, 0) is 47.5 Å². The molecule has 0 aliphatic carbocycles. The van der Waals surface area contributed by atoms with Crippen LogP contribution in [0.3, 0.4) is 0 Å². The zero-order valence-corrected chi connectivity index (χ0v) is 18.7. The molecule has 5 rings (SSSR count). The molecule has 36 heavy (non-hydrogen) atoms. The fourth-order valence-corrected chi connectivity index (χ4v) is 4.53. The van der Waals surface area contributed by atoms with E-state index in [1.165, 1.54) is 24.1 Å². The van der Waals surface area contributed by atoms with E-state index < -0.39 is 51.5 Å². The van der Waals surface area contributed by atoms with E-state index in [9.17, 15) is 23.9 Å².